The van der Waals surface area contributed by atoms with Crippen LogP contribution in [0.1, 0.15) is 12.0 Å². The van der Waals surface area contributed by atoms with Crippen LogP contribution in [0.25, 0.3) is 10.9 Å². The predicted octanol–water partition coefficient (Wildman–Crippen LogP) is 4.24. The second-order valence-corrected chi connectivity index (χ2v) is 5.18. The van der Waals surface area contributed by atoms with Crippen molar-refractivity contribution in [3.05, 3.63) is 46.5 Å². The molecule has 0 saturated heterocycles. The van der Waals surface area contributed by atoms with Crippen LogP contribution in [0.3, 0.4) is 0 Å². The molecule has 0 fully saturated rings. The van der Waals surface area contributed by atoms with Gasteiger partial charge in [0.25, 0.3) is 0 Å². The first-order valence-corrected chi connectivity index (χ1v) is 6.84. The molecule has 2 aromatic rings. The van der Waals surface area contributed by atoms with E-state index in [9.17, 15) is 8.78 Å². The number of aliphatic imine (C=N–C) groups is 1. The summed E-state index contributed by atoms with van der Waals surface area (Å²) in [5.41, 5.74) is 0.792. The van der Waals surface area contributed by atoms with E-state index in [0.29, 0.717) is 17.8 Å². The van der Waals surface area contributed by atoms with Gasteiger partial charge in [0.05, 0.1) is 15.9 Å². The van der Waals surface area contributed by atoms with Gasteiger partial charge in [-0.15, -0.1) is 0 Å². The average molecular weight is 308 g/mol. The van der Waals surface area contributed by atoms with E-state index in [0.717, 1.165) is 6.07 Å². The predicted molar refractivity (Wildman–Crippen MR) is 81.1 cm³/mol. The molecule has 1 aromatic carbocycles. The first-order valence-electron chi connectivity index (χ1n) is 6.46. The number of halogens is 3. The van der Waals surface area contributed by atoms with Crippen LogP contribution in [-0.4, -0.2) is 17.4 Å². The molecule has 1 aliphatic heterocycles. The maximum Gasteiger partial charge on any atom is 0.137 e. The summed E-state index contributed by atoms with van der Waals surface area (Å²) < 4.78 is 27.2. The number of fused-ring (bicyclic) bond motifs is 1. The SMILES string of the molecule is Cc1c(NC2CC=CC=N2)nc2cc(F)cc(F)c2c1Cl. The quantitative estimate of drug-likeness (QED) is 0.901. The van der Waals surface area contributed by atoms with E-state index in [-0.39, 0.29) is 22.1 Å². The molecule has 0 radical (unpaired) electrons. The summed E-state index contributed by atoms with van der Waals surface area (Å²) in [6, 6.07) is 1.97. The van der Waals surface area contributed by atoms with Crippen molar-refractivity contribution in [3.8, 4) is 0 Å². The number of hydrogen-bond donors (Lipinski definition) is 1. The van der Waals surface area contributed by atoms with Crippen LogP contribution < -0.4 is 5.32 Å². The highest BCUT2D eigenvalue weighted by molar-refractivity contribution is 6.36. The van der Waals surface area contributed by atoms with Crippen molar-refractivity contribution in [1.82, 2.24) is 4.98 Å². The zero-order valence-corrected chi connectivity index (χ0v) is 12.0. The van der Waals surface area contributed by atoms with E-state index in [1.165, 1.54) is 6.07 Å². The molecule has 21 heavy (non-hydrogen) atoms. The van der Waals surface area contributed by atoms with Crippen LogP contribution >= 0.6 is 11.6 Å². The first-order chi connectivity index (χ1) is 10.1. The van der Waals surface area contributed by atoms with E-state index in [4.69, 9.17) is 11.6 Å². The smallest absolute Gasteiger partial charge is 0.137 e. The molecule has 108 valence electrons. The maximum absolute atomic E-state index is 13.9. The Labute approximate surface area is 125 Å². The molecular formula is C15H12ClF2N3. The molecule has 0 saturated carbocycles. The topological polar surface area (TPSA) is 37.3 Å². The number of anilines is 1. The van der Waals surface area contributed by atoms with E-state index in [1.54, 1.807) is 13.1 Å². The molecule has 1 atom stereocenters. The van der Waals surface area contributed by atoms with Gasteiger partial charge >= 0.3 is 0 Å². The molecule has 1 aliphatic rings. The van der Waals surface area contributed by atoms with Crippen molar-refractivity contribution in [3.63, 3.8) is 0 Å². The Morgan fingerprint density at radius 3 is 2.86 bits per heavy atom. The normalized spacial score (nSPS) is 17.4. The largest absolute Gasteiger partial charge is 0.348 e. The highest BCUT2D eigenvalue weighted by Gasteiger charge is 2.17. The third kappa shape index (κ3) is 2.61. The number of pyridine rings is 1. The van der Waals surface area contributed by atoms with Crippen molar-refractivity contribution in [1.29, 1.82) is 0 Å². The van der Waals surface area contributed by atoms with Crippen molar-refractivity contribution in [2.24, 2.45) is 4.99 Å². The summed E-state index contributed by atoms with van der Waals surface area (Å²) in [4.78, 5) is 8.53. The van der Waals surface area contributed by atoms with Gasteiger partial charge in [-0.1, -0.05) is 17.7 Å². The second kappa shape index (κ2) is 5.41. The molecule has 2 heterocycles. The fourth-order valence-electron chi connectivity index (χ4n) is 2.24. The number of rotatable bonds is 2. The van der Waals surface area contributed by atoms with E-state index >= 15 is 0 Å². The maximum atomic E-state index is 13.9. The van der Waals surface area contributed by atoms with Gasteiger partial charge in [0.1, 0.15) is 23.6 Å². The molecule has 6 heteroatoms. The molecule has 3 rings (SSSR count). The lowest BCUT2D eigenvalue weighted by Gasteiger charge is -2.18. The standard InChI is InChI=1S/C15H12ClF2N3/c1-8-14(16)13-10(18)6-9(17)7-11(13)20-15(8)21-12-4-2-3-5-19-12/h2-3,5-7,12H,4H2,1H3,(H,20,21). The Morgan fingerprint density at radius 2 is 2.14 bits per heavy atom. The summed E-state index contributed by atoms with van der Waals surface area (Å²) in [7, 11) is 0. The lowest BCUT2D eigenvalue weighted by Crippen LogP contribution is -2.19. The Morgan fingerprint density at radius 1 is 1.33 bits per heavy atom. The van der Waals surface area contributed by atoms with E-state index in [1.807, 2.05) is 12.2 Å². The minimum atomic E-state index is -0.712. The zero-order chi connectivity index (χ0) is 15.0. The van der Waals surface area contributed by atoms with Gasteiger partial charge < -0.3 is 5.32 Å². The van der Waals surface area contributed by atoms with Crippen LogP contribution in [0, 0.1) is 18.6 Å². The Bertz CT molecular complexity index is 771. The molecule has 3 nitrogen and oxygen atoms in total. The fourth-order valence-corrected chi connectivity index (χ4v) is 2.52. The van der Waals surface area contributed by atoms with Crippen molar-refractivity contribution in [2.75, 3.05) is 5.32 Å². The minimum absolute atomic E-state index is 0.133. The second-order valence-electron chi connectivity index (χ2n) is 4.80. The van der Waals surface area contributed by atoms with Gasteiger partial charge in [-0.2, -0.15) is 0 Å². The monoisotopic (exact) mass is 307 g/mol. The minimum Gasteiger partial charge on any atom is -0.348 e. The fraction of sp³-hybridized carbons (Fsp3) is 0.200. The summed E-state index contributed by atoms with van der Waals surface area (Å²) in [6.45, 7) is 1.74. The molecule has 1 aromatic heterocycles. The Balaban J connectivity index is 2.09. The molecule has 0 spiro atoms. The average Bonchev–Trinajstić information content (AvgIpc) is 2.44. The van der Waals surface area contributed by atoms with Gasteiger partial charge in [-0.05, 0) is 13.0 Å². The van der Waals surface area contributed by atoms with Crippen LogP contribution in [0.2, 0.25) is 5.02 Å². The lowest BCUT2D eigenvalue weighted by molar-refractivity contribution is 0.591. The summed E-state index contributed by atoms with van der Waals surface area (Å²) >= 11 is 6.21. The van der Waals surface area contributed by atoms with Crippen LogP contribution in [0.5, 0.6) is 0 Å². The van der Waals surface area contributed by atoms with Gasteiger partial charge in [0.2, 0.25) is 0 Å². The van der Waals surface area contributed by atoms with Crippen molar-refractivity contribution < 1.29 is 8.78 Å². The van der Waals surface area contributed by atoms with Crippen molar-refractivity contribution >= 4 is 34.5 Å². The molecule has 1 unspecified atom stereocenters. The van der Waals surface area contributed by atoms with E-state index < -0.39 is 11.6 Å². The number of aromatic nitrogens is 1. The number of hydrogen-bond acceptors (Lipinski definition) is 3. The molecular weight excluding hydrogens is 296 g/mol. The van der Waals surface area contributed by atoms with E-state index in [2.05, 4.69) is 15.3 Å². The lowest BCUT2D eigenvalue weighted by atomic mass is 10.1. The summed E-state index contributed by atoms with van der Waals surface area (Å²) in [5, 5.41) is 3.50. The van der Waals surface area contributed by atoms with Gasteiger partial charge in [0, 0.05) is 30.3 Å². The van der Waals surface area contributed by atoms with Gasteiger partial charge in [-0.25, -0.2) is 13.8 Å². The highest BCUT2D eigenvalue weighted by Crippen LogP contribution is 2.33. The number of dihydropyridines is 1. The first kappa shape index (κ1) is 13.9. The third-order valence-corrected chi connectivity index (χ3v) is 3.79. The van der Waals surface area contributed by atoms with Crippen LogP contribution in [-0.2, 0) is 0 Å². The van der Waals surface area contributed by atoms with Gasteiger partial charge in [-0.3, -0.25) is 4.99 Å². The number of allylic oxidation sites excluding steroid dienone is 1. The van der Waals surface area contributed by atoms with Crippen LogP contribution in [0.15, 0.2) is 29.3 Å². The molecule has 0 amide bonds. The number of nitrogens with zero attached hydrogens (tertiary/aromatic N) is 2. The summed E-state index contributed by atoms with van der Waals surface area (Å²) in [5.74, 6) is -0.914. The van der Waals surface area contributed by atoms with Crippen molar-refractivity contribution in [2.45, 2.75) is 19.5 Å². The highest BCUT2D eigenvalue weighted by atomic mass is 35.5. The number of nitrogens with one attached hydrogen (secondary N) is 1. The third-order valence-electron chi connectivity index (χ3n) is 3.32. The van der Waals surface area contributed by atoms with Crippen LogP contribution in [0.4, 0.5) is 14.6 Å². The number of benzene rings is 1. The molecule has 1 N–H and O–H groups in total. The molecule has 0 aliphatic carbocycles. The Kier molecular flexibility index (Phi) is 3.59. The Hall–Kier alpha value is -2.01. The van der Waals surface area contributed by atoms with Gasteiger partial charge in [0.15, 0.2) is 0 Å². The zero-order valence-electron chi connectivity index (χ0n) is 11.2. The molecule has 0 bridgehead atoms. The summed E-state index contributed by atoms with van der Waals surface area (Å²) in [6.07, 6.45) is 6.08.